The lowest BCUT2D eigenvalue weighted by Crippen LogP contribution is -2.28. The zero-order chi connectivity index (χ0) is 19.4. The molecule has 0 amide bonds. The molecule has 1 unspecified atom stereocenters. The van der Waals surface area contributed by atoms with Crippen LogP contribution in [0.3, 0.4) is 0 Å². The number of benzene rings is 3. The van der Waals surface area contributed by atoms with Crippen molar-refractivity contribution < 1.29 is 9.53 Å². The second-order valence-corrected chi connectivity index (χ2v) is 12.0. The SMILES string of the molecule is CC(C)(I)C(=O)Oc1ccc([S+](c2ccccc2)c2ccc(Br)cc2)cc1. The van der Waals surface area contributed by atoms with Gasteiger partial charge in [0, 0.05) is 4.47 Å². The summed E-state index contributed by atoms with van der Waals surface area (Å²) in [6.07, 6.45) is 0. The first kappa shape index (κ1) is 20.4. The summed E-state index contributed by atoms with van der Waals surface area (Å²) in [5, 5.41) is 0. The summed E-state index contributed by atoms with van der Waals surface area (Å²) >= 11 is 5.60. The van der Waals surface area contributed by atoms with Crippen LogP contribution in [0.4, 0.5) is 0 Å². The van der Waals surface area contributed by atoms with Gasteiger partial charge in [0.2, 0.25) is 0 Å². The van der Waals surface area contributed by atoms with Gasteiger partial charge in [0.1, 0.15) is 9.17 Å². The second kappa shape index (κ2) is 8.80. The molecule has 0 bridgehead atoms. The highest BCUT2D eigenvalue weighted by atomic mass is 127. The molecule has 0 aliphatic rings. The van der Waals surface area contributed by atoms with E-state index in [1.54, 1.807) is 0 Å². The van der Waals surface area contributed by atoms with Crippen LogP contribution in [-0.2, 0) is 15.7 Å². The number of esters is 1. The third-order valence-electron chi connectivity index (χ3n) is 3.78. The van der Waals surface area contributed by atoms with E-state index in [4.69, 9.17) is 4.74 Å². The standard InChI is InChI=1S/C22H19BrIO2S/c1-22(2,24)21(25)26-17-10-14-20(15-11-17)27(18-6-4-3-5-7-18)19-12-8-16(23)9-13-19/h3-15H,1-2H3/q+1. The number of alkyl halides is 1. The molecular weight excluding hydrogens is 535 g/mol. The Morgan fingerprint density at radius 3 is 1.85 bits per heavy atom. The first-order valence-electron chi connectivity index (χ1n) is 8.41. The minimum atomic E-state index is -0.553. The number of halogens is 2. The van der Waals surface area contributed by atoms with E-state index >= 15 is 0 Å². The van der Waals surface area contributed by atoms with Crippen LogP contribution in [0.15, 0.2) is 98.0 Å². The van der Waals surface area contributed by atoms with E-state index in [-0.39, 0.29) is 16.9 Å². The Kier molecular flexibility index (Phi) is 6.65. The van der Waals surface area contributed by atoms with Crippen molar-refractivity contribution in [1.29, 1.82) is 0 Å². The molecule has 0 fully saturated rings. The average Bonchev–Trinajstić information content (AvgIpc) is 2.65. The Labute approximate surface area is 185 Å². The third-order valence-corrected chi connectivity index (χ3v) is 6.98. The number of carbonyl (C=O) groups excluding carboxylic acids is 1. The summed E-state index contributed by atoms with van der Waals surface area (Å²) in [7, 11) is -0.224. The van der Waals surface area contributed by atoms with Crippen LogP contribution in [0, 0.1) is 0 Å². The van der Waals surface area contributed by atoms with Gasteiger partial charge in [-0.15, -0.1) is 0 Å². The van der Waals surface area contributed by atoms with E-state index in [1.165, 1.54) is 14.7 Å². The molecule has 3 aromatic rings. The summed E-state index contributed by atoms with van der Waals surface area (Å²) in [5.74, 6) is 0.326. The molecular formula is C22H19BrIO2S+. The van der Waals surface area contributed by atoms with Crippen molar-refractivity contribution in [2.75, 3.05) is 0 Å². The summed E-state index contributed by atoms with van der Waals surface area (Å²) in [4.78, 5) is 15.8. The van der Waals surface area contributed by atoms with Crippen molar-refractivity contribution in [3.05, 3.63) is 83.3 Å². The minimum Gasteiger partial charge on any atom is -0.426 e. The molecule has 3 aromatic carbocycles. The number of hydrogen-bond donors (Lipinski definition) is 0. The monoisotopic (exact) mass is 553 g/mol. The lowest BCUT2D eigenvalue weighted by atomic mass is 10.2. The van der Waals surface area contributed by atoms with Gasteiger partial charge in [-0.2, -0.15) is 0 Å². The van der Waals surface area contributed by atoms with Crippen molar-refractivity contribution in [2.24, 2.45) is 0 Å². The van der Waals surface area contributed by atoms with Crippen molar-refractivity contribution in [3.63, 3.8) is 0 Å². The Bertz CT molecular complexity index is 904. The van der Waals surface area contributed by atoms with Crippen LogP contribution in [0.1, 0.15) is 13.8 Å². The van der Waals surface area contributed by atoms with Crippen molar-refractivity contribution in [2.45, 2.75) is 32.0 Å². The molecule has 27 heavy (non-hydrogen) atoms. The van der Waals surface area contributed by atoms with Crippen molar-refractivity contribution >= 4 is 55.4 Å². The zero-order valence-electron chi connectivity index (χ0n) is 15.0. The molecule has 1 atom stereocenters. The van der Waals surface area contributed by atoms with Gasteiger partial charge in [0.25, 0.3) is 0 Å². The number of hydrogen-bond acceptors (Lipinski definition) is 2. The summed E-state index contributed by atoms with van der Waals surface area (Å²) in [6.45, 7) is 3.68. The molecule has 0 aromatic heterocycles. The van der Waals surface area contributed by atoms with Crippen LogP contribution < -0.4 is 4.74 Å². The second-order valence-electron chi connectivity index (χ2n) is 6.41. The van der Waals surface area contributed by atoms with Gasteiger partial charge >= 0.3 is 5.97 Å². The number of rotatable bonds is 5. The average molecular weight is 554 g/mol. The fraction of sp³-hybridized carbons (Fsp3) is 0.136. The smallest absolute Gasteiger partial charge is 0.326 e. The molecule has 138 valence electrons. The molecule has 0 aliphatic heterocycles. The molecule has 0 N–H and O–H groups in total. The fourth-order valence-electron chi connectivity index (χ4n) is 2.41. The normalized spacial score (nSPS) is 12.4. The molecule has 5 heteroatoms. The van der Waals surface area contributed by atoms with E-state index in [0.29, 0.717) is 5.75 Å². The molecule has 0 saturated heterocycles. The van der Waals surface area contributed by atoms with Crippen LogP contribution in [0.25, 0.3) is 0 Å². The maximum absolute atomic E-state index is 12.1. The minimum absolute atomic E-state index is 0.224. The highest BCUT2D eigenvalue weighted by Gasteiger charge is 2.29. The molecule has 0 spiro atoms. The Morgan fingerprint density at radius 1 is 0.852 bits per heavy atom. The van der Waals surface area contributed by atoms with Gasteiger partial charge in [0.05, 0.1) is 10.9 Å². The van der Waals surface area contributed by atoms with Crippen LogP contribution in [0.5, 0.6) is 5.75 Å². The highest BCUT2D eigenvalue weighted by molar-refractivity contribution is 14.1. The molecule has 3 rings (SSSR count). The molecule has 0 aliphatic carbocycles. The molecule has 2 nitrogen and oxygen atoms in total. The lowest BCUT2D eigenvalue weighted by molar-refractivity contribution is -0.135. The fourth-order valence-corrected chi connectivity index (χ4v) is 4.84. The summed E-state index contributed by atoms with van der Waals surface area (Å²) in [6, 6.07) is 26.7. The maximum Gasteiger partial charge on any atom is 0.326 e. The summed E-state index contributed by atoms with van der Waals surface area (Å²) in [5.41, 5.74) is 0. The quantitative estimate of drug-likeness (QED) is 0.116. The number of carbonyl (C=O) groups is 1. The molecule has 0 radical (unpaired) electrons. The Hall–Kier alpha value is -1.31. The highest BCUT2D eigenvalue weighted by Crippen LogP contribution is 2.33. The predicted molar refractivity (Wildman–Crippen MR) is 123 cm³/mol. The summed E-state index contributed by atoms with van der Waals surface area (Å²) < 4.78 is 6.00. The van der Waals surface area contributed by atoms with Crippen molar-refractivity contribution in [1.82, 2.24) is 0 Å². The Balaban J connectivity index is 1.93. The van der Waals surface area contributed by atoms with Crippen LogP contribution >= 0.6 is 38.5 Å². The molecule has 0 saturated carbocycles. The zero-order valence-corrected chi connectivity index (χ0v) is 19.5. The van der Waals surface area contributed by atoms with Gasteiger partial charge in [-0.3, -0.25) is 4.79 Å². The van der Waals surface area contributed by atoms with Gasteiger partial charge < -0.3 is 4.74 Å². The van der Waals surface area contributed by atoms with Gasteiger partial charge in [-0.25, -0.2) is 0 Å². The van der Waals surface area contributed by atoms with Crippen LogP contribution in [0.2, 0.25) is 0 Å². The van der Waals surface area contributed by atoms with E-state index in [0.717, 1.165) is 4.47 Å². The predicted octanol–water partition coefficient (Wildman–Crippen LogP) is 6.66. The van der Waals surface area contributed by atoms with E-state index < -0.39 is 3.42 Å². The third kappa shape index (κ3) is 5.36. The van der Waals surface area contributed by atoms with Gasteiger partial charge in [-0.05, 0) is 74.5 Å². The first-order valence-corrected chi connectivity index (χ1v) is 11.5. The maximum atomic E-state index is 12.1. The topological polar surface area (TPSA) is 26.3 Å². The molecule has 0 heterocycles. The largest absolute Gasteiger partial charge is 0.426 e. The number of ether oxygens (including phenoxy) is 1. The first-order chi connectivity index (χ1) is 12.8. The van der Waals surface area contributed by atoms with Crippen LogP contribution in [-0.4, -0.2) is 9.39 Å². The van der Waals surface area contributed by atoms with E-state index in [1.807, 2.05) is 44.2 Å². The van der Waals surface area contributed by atoms with Gasteiger partial charge in [0.15, 0.2) is 14.7 Å². The Morgan fingerprint density at radius 2 is 1.33 bits per heavy atom. The lowest BCUT2D eigenvalue weighted by Gasteiger charge is -2.14. The van der Waals surface area contributed by atoms with E-state index in [9.17, 15) is 4.79 Å². The van der Waals surface area contributed by atoms with E-state index in [2.05, 4.69) is 87.1 Å². The van der Waals surface area contributed by atoms with Crippen molar-refractivity contribution in [3.8, 4) is 5.75 Å². The van der Waals surface area contributed by atoms with Gasteiger partial charge in [-0.1, -0.05) is 56.7 Å².